The first-order chi connectivity index (χ1) is 9.61. The van der Waals surface area contributed by atoms with Crippen LogP contribution in [0.1, 0.15) is 38.2 Å². The number of nitrogens with one attached hydrogen (secondary N) is 1. The molecule has 20 heavy (non-hydrogen) atoms. The molecule has 2 fully saturated rings. The summed E-state index contributed by atoms with van der Waals surface area (Å²) in [6.45, 7) is 2.25. The number of rotatable bonds is 3. The van der Waals surface area contributed by atoms with Crippen LogP contribution in [0.25, 0.3) is 0 Å². The molecule has 3 nitrogen and oxygen atoms in total. The molecule has 1 N–H and O–H groups in total. The predicted molar refractivity (Wildman–Crippen MR) is 83.4 cm³/mol. The van der Waals surface area contributed by atoms with Crippen molar-refractivity contribution in [1.29, 1.82) is 0 Å². The summed E-state index contributed by atoms with van der Waals surface area (Å²) in [5.74, 6) is 0.846. The van der Waals surface area contributed by atoms with Crippen LogP contribution in [0.3, 0.4) is 0 Å². The molecule has 1 amide bonds. The number of hydrogen-bond acceptors (Lipinski definition) is 2. The number of carbonyl (C=O) groups excluding carboxylic acids is 1. The largest absolute Gasteiger partial charge is 0.273 e. The minimum absolute atomic E-state index is 0.0905. The minimum Gasteiger partial charge on any atom is -0.273 e. The SMILES string of the molecule is C[C@@]12CCCC[C@H]1[C@@H]2C(=O)N/N=C\c1ccc(Br)cc1. The Kier molecular flexibility index (Phi) is 3.67. The Bertz CT molecular complexity index is 540. The molecule has 0 spiro atoms. The maximum absolute atomic E-state index is 12.2. The summed E-state index contributed by atoms with van der Waals surface area (Å²) >= 11 is 3.39. The normalized spacial score (nSPS) is 31.9. The molecular formula is C16H19BrN2O. The highest BCUT2D eigenvalue weighted by atomic mass is 79.9. The fourth-order valence-corrected chi connectivity index (χ4v) is 3.90. The maximum Gasteiger partial charge on any atom is 0.244 e. The topological polar surface area (TPSA) is 41.5 Å². The van der Waals surface area contributed by atoms with Gasteiger partial charge in [-0.2, -0.15) is 5.10 Å². The Balaban J connectivity index is 1.56. The Labute approximate surface area is 128 Å². The number of carbonyl (C=O) groups is 1. The van der Waals surface area contributed by atoms with Crippen molar-refractivity contribution in [2.45, 2.75) is 32.6 Å². The van der Waals surface area contributed by atoms with Crippen LogP contribution in [0.5, 0.6) is 0 Å². The van der Waals surface area contributed by atoms with E-state index in [0.29, 0.717) is 5.92 Å². The average molecular weight is 335 g/mol. The van der Waals surface area contributed by atoms with Crippen LogP contribution in [0, 0.1) is 17.3 Å². The molecule has 0 aliphatic heterocycles. The molecule has 3 atom stereocenters. The third-order valence-electron chi connectivity index (χ3n) is 4.87. The second kappa shape index (κ2) is 5.32. The quantitative estimate of drug-likeness (QED) is 0.664. The molecule has 3 rings (SSSR count). The van der Waals surface area contributed by atoms with E-state index in [4.69, 9.17) is 0 Å². The molecule has 2 aliphatic rings. The van der Waals surface area contributed by atoms with Gasteiger partial charge in [0, 0.05) is 10.4 Å². The highest BCUT2D eigenvalue weighted by molar-refractivity contribution is 9.10. The van der Waals surface area contributed by atoms with Crippen molar-refractivity contribution in [3.63, 3.8) is 0 Å². The van der Waals surface area contributed by atoms with Gasteiger partial charge in [-0.15, -0.1) is 0 Å². The first-order valence-corrected chi connectivity index (χ1v) is 7.99. The number of hydrazone groups is 1. The van der Waals surface area contributed by atoms with E-state index in [9.17, 15) is 4.79 Å². The molecule has 1 aromatic rings. The van der Waals surface area contributed by atoms with Gasteiger partial charge in [0.25, 0.3) is 0 Å². The summed E-state index contributed by atoms with van der Waals surface area (Å²) in [6, 6.07) is 7.83. The lowest BCUT2D eigenvalue weighted by molar-refractivity contribution is -0.123. The van der Waals surface area contributed by atoms with Crippen LogP contribution in [-0.4, -0.2) is 12.1 Å². The third-order valence-corrected chi connectivity index (χ3v) is 5.40. The number of halogens is 1. The summed E-state index contributed by atoms with van der Waals surface area (Å²) in [6.07, 6.45) is 6.61. The van der Waals surface area contributed by atoms with Gasteiger partial charge < -0.3 is 0 Å². The molecular weight excluding hydrogens is 316 g/mol. The van der Waals surface area contributed by atoms with Gasteiger partial charge in [-0.25, -0.2) is 5.43 Å². The number of hydrogen-bond donors (Lipinski definition) is 1. The molecule has 2 saturated carbocycles. The van der Waals surface area contributed by atoms with Gasteiger partial charge in [-0.05, 0) is 41.9 Å². The van der Waals surface area contributed by atoms with Gasteiger partial charge in [0.2, 0.25) is 5.91 Å². The van der Waals surface area contributed by atoms with E-state index in [1.807, 2.05) is 24.3 Å². The summed E-state index contributed by atoms with van der Waals surface area (Å²) < 4.78 is 1.04. The zero-order chi connectivity index (χ0) is 14.2. The molecule has 1 aromatic carbocycles. The summed E-state index contributed by atoms with van der Waals surface area (Å²) in [5, 5.41) is 4.08. The Hall–Kier alpha value is -1.16. The molecule has 0 bridgehead atoms. The Morgan fingerprint density at radius 3 is 2.80 bits per heavy atom. The summed E-state index contributed by atoms with van der Waals surface area (Å²) in [7, 11) is 0. The van der Waals surface area contributed by atoms with Crippen molar-refractivity contribution in [2.75, 3.05) is 0 Å². The van der Waals surface area contributed by atoms with E-state index < -0.39 is 0 Å². The Morgan fingerprint density at radius 2 is 2.15 bits per heavy atom. The van der Waals surface area contributed by atoms with Crippen LogP contribution in [0.4, 0.5) is 0 Å². The molecule has 106 valence electrons. The lowest BCUT2D eigenvalue weighted by Gasteiger charge is -2.15. The van der Waals surface area contributed by atoms with Gasteiger partial charge in [-0.3, -0.25) is 4.79 Å². The number of amides is 1. The zero-order valence-electron chi connectivity index (χ0n) is 11.6. The van der Waals surface area contributed by atoms with E-state index in [-0.39, 0.29) is 17.2 Å². The third kappa shape index (κ3) is 2.53. The van der Waals surface area contributed by atoms with E-state index >= 15 is 0 Å². The van der Waals surface area contributed by atoms with Crippen LogP contribution in [0.15, 0.2) is 33.8 Å². The van der Waals surface area contributed by atoms with Gasteiger partial charge in [0.1, 0.15) is 0 Å². The van der Waals surface area contributed by atoms with Crippen molar-refractivity contribution in [3.8, 4) is 0 Å². The zero-order valence-corrected chi connectivity index (χ0v) is 13.2. The van der Waals surface area contributed by atoms with Crippen molar-refractivity contribution >= 4 is 28.1 Å². The first kappa shape index (κ1) is 13.8. The highest BCUT2D eigenvalue weighted by Crippen LogP contribution is 2.66. The molecule has 0 unspecified atom stereocenters. The van der Waals surface area contributed by atoms with Gasteiger partial charge in [-0.1, -0.05) is 47.8 Å². The van der Waals surface area contributed by atoms with E-state index in [1.54, 1.807) is 6.21 Å². The smallest absolute Gasteiger partial charge is 0.244 e. The number of nitrogens with zero attached hydrogens (tertiary/aromatic N) is 1. The van der Waals surface area contributed by atoms with Gasteiger partial charge in [0.15, 0.2) is 0 Å². The van der Waals surface area contributed by atoms with Crippen LogP contribution < -0.4 is 5.43 Å². The van der Waals surface area contributed by atoms with Crippen molar-refractivity contribution in [2.24, 2.45) is 22.4 Å². The molecule has 2 aliphatic carbocycles. The maximum atomic E-state index is 12.2. The number of benzene rings is 1. The summed E-state index contributed by atoms with van der Waals surface area (Å²) in [4.78, 5) is 12.2. The predicted octanol–water partition coefficient (Wildman–Crippen LogP) is 3.73. The monoisotopic (exact) mass is 334 g/mol. The molecule has 0 heterocycles. The van der Waals surface area contributed by atoms with E-state index in [2.05, 4.69) is 33.4 Å². The van der Waals surface area contributed by atoms with Gasteiger partial charge in [0.05, 0.1) is 6.21 Å². The first-order valence-electron chi connectivity index (χ1n) is 7.20. The van der Waals surface area contributed by atoms with Crippen LogP contribution in [0.2, 0.25) is 0 Å². The highest BCUT2D eigenvalue weighted by Gasteiger charge is 2.64. The van der Waals surface area contributed by atoms with E-state index in [1.165, 1.54) is 25.7 Å². The summed E-state index contributed by atoms with van der Waals surface area (Å²) in [5.41, 5.74) is 3.93. The molecule has 0 aromatic heterocycles. The minimum atomic E-state index is 0.0905. The molecule has 0 radical (unpaired) electrons. The van der Waals surface area contributed by atoms with Crippen LogP contribution >= 0.6 is 15.9 Å². The van der Waals surface area contributed by atoms with Gasteiger partial charge >= 0.3 is 0 Å². The lowest BCUT2D eigenvalue weighted by atomic mass is 9.90. The number of fused-ring (bicyclic) bond motifs is 1. The lowest BCUT2D eigenvalue weighted by Crippen LogP contribution is -2.22. The van der Waals surface area contributed by atoms with E-state index in [0.717, 1.165) is 10.0 Å². The second-order valence-electron chi connectivity index (χ2n) is 6.12. The second-order valence-corrected chi connectivity index (χ2v) is 7.04. The Morgan fingerprint density at radius 1 is 1.40 bits per heavy atom. The van der Waals surface area contributed by atoms with Crippen molar-refractivity contribution in [3.05, 3.63) is 34.3 Å². The fourth-order valence-electron chi connectivity index (χ4n) is 3.64. The van der Waals surface area contributed by atoms with Crippen LogP contribution in [-0.2, 0) is 4.79 Å². The fraction of sp³-hybridized carbons (Fsp3) is 0.500. The molecule has 4 heteroatoms. The van der Waals surface area contributed by atoms with Crippen molar-refractivity contribution < 1.29 is 4.79 Å². The average Bonchev–Trinajstić information content (AvgIpc) is 3.06. The molecule has 0 saturated heterocycles. The van der Waals surface area contributed by atoms with Crippen molar-refractivity contribution in [1.82, 2.24) is 5.43 Å². The standard InChI is InChI=1S/C16H19BrN2O/c1-16-9-3-2-4-13(16)14(16)15(20)19-18-10-11-5-7-12(17)8-6-11/h5-8,10,13-14H,2-4,9H2,1H3,(H,19,20)/b18-10-/t13-,14+,16+/m0/s1.